The molecule has 0 spiro atoms. The molecule has 0 saturated carbocycles. The predicted molar refractivity (Wildman–Crippen MR) is 85.1 cm³/mol. The Hall–Kier alpha value is -2.11. The number of H-pyrrole nitrogens is 1. The zero-order chi connectivity index (χ0) is 16.3. The second kappa shape index (κ2) is 6.77. The van der Waals surface area contributed by atoms with Crippen LogP contribution in [0.1, 0.15) is 34.5 Å². The van der Waals surface area contributed by atoms with E-state index in [9.17, 15) is 14.7 Å². The molecule has 6 heteroatoms. The number of benzene rings is 1. The predicted octanol–water partition coefficient (Wildman–Crippen LogP) is 2.19. The van der Waals surface area contributed by atoms with Gasteiger partial charge in [-0.05, 0) is 37.1 Å². The second-order valence-corrected chi connectivity index (χ2v) is 5.59. The average molecular weight is 321 g/mol. The number of aromatic amines is 1. The Morgan fingerprint density at radius 2 is 1.95 bits per heavy atom. The van der Waals surface area contributed by atoms with E-state index in [4.69, 9.17) is 11.6 Å². The molecule has 0 aliphatic carbocycles. The summed E-state index contributed by atoms with van der Waals surface area (Å²) in [5, 5.41) is 13.6. The number of aromatic nitrogens is 1. The number of carbonyl (C=O) groups excluding carboxylic acids is 1. The fourth-order valence-corrected chi connectivity index (χ4v) is 2.26. The van der Waals surface area contributed by atoms with E-state index >= 15 is 0 Å². The number of amides is 1. The summed E-state index contributed by atoms with van der Waals surface area (Å²) in [6, 6.07) is 7.64. The van der Waals surface area contributed by atoms with Crippen LogP contribution in [-0.4, -0.2) is 22.0 Å². The van der Waals surface area contributed by atoms with Gasteiger partial charge in [0.1, 0.15) is 0 Å². The van der Waals surface area contributed by atoms with Crippen LogP contribution in [0.3, 0.4) is 0 Å². The number of nitrogens with one attached hydrogen (secondary N) is 2. The molecule has 1 heterocycles. The number of hydrogen-bond donors (Lipinski definition) is 3. The molecule has 0 radical (unpaired) electrons. The Balaban J connectivity index is 2.10. The number of aryl methyl sites for hydroxylation is 1. The van der Waals surface area contributed by atoms with Gasteiger partial charge in [-0.2, -0.15) is 0 Å². The van der Waals surface area contributed by atoms with Gasteiger partial charge in [-0.25, -0.2) is 0 Å². The Bertz CT molecular complexity index is 725. The number of pyridine rings is 1. The first-order valence-electron chi connectivity index (χ1n) is 6.82. The minimum atomic E-state index is -0.857. The molecule has 2 unspecified atom stereocenters. The fraction of sp³-hybridized carbons (Fsp3) is 0.250. The molecule has 1 amide bonds. The molecule has 0 bridgehead atoms. The molecule has 0 aliphatic rings. The summed E-state index contributed by atoms with van der Waals surface area (Å²) in [5.41, 5.74) is 1.35. The van der Waals surface area contributed by atoms with Crippen LogP contribution in [0, 0.1) is 6.92 Å². The van der Waals surface area contributed by atoms with Crippen LogP contribution in [0.15, 0.2) is 41.3 Å². The molecule has 0 aliphatic heterocycles. The van der Waals surface area contributed by atoms with E-state index in [-0.39, 0.29) is 11.5 Å². The highest BCUT2D eigenvalue weighted by atomic mass is 35.5. The number of aliphatic hydroxyl groups excluding tert-OH is 1. The van der Waals surface area contributed by atoms with E-state index in [1.54, 1.807) is 38.1 Å². The average Bonchev–Trinajstić information content (AvgIpc) is 2.47. The molecular weight excluding hydrogens is 304 g/mol. The summed E-state index contributed by atoms with van der Waals surface area (Å²) in [6.07, 6.45) is 0.512. The number of carbonyl (C=O) groups is 1. The van der Waals surface area contributed by atoms with Gasteiger partial charge in [0.05, 0.1) is 17.7 Å². The van der Waals surface area contributed by atoms with E-state index in [0.29, 0.717) is 21.7 Å². The monoisotopic (exact) mass is 320 g/mol. The molecule has 2 atom stereocenters. The molecule has 3 N–H and O–H groups in total. The van der Waals surface area contributed by atoms with Crippen molar-refractivity contribution in [3.63, 3.8) is 0 Å². The SMILES string of the molecule is Cc1cc(=O)[nH]cc1C(=O)NC(C)C(O)c1ccc(Cl)cc1. The van der Waals surface area contributed by atoms with E-state index in [1.807, 2.05) is 0 Å². The van der Waals surface area contributed by atoms with Crippen molar-refractivity contribution >= 4 is 17.5 Å². The molecule has 22 heavy (non-hydrogen) atoms. The molecule has 2 rings (SSSR count). The molecule has 1 aromatic carbocycles. The highest BCUT2D eigenvalue weighted by molar-refractivity contribution is 6.30. The summed E-state index contributed by atoms with van der Waals surface area (Å²) in [6.45, 7) is 3.39. The van der Waals surface area contributed by atoms with Gasteiger partial charge in [-0.3, -0.25) is 9.59 Å². The Morgan fingerprint density at radius 3 is 2.55 bits per heavy atom. The van der Waals surface area contributed by atoms with Crippen LogP contribution in [0.2, 0.25) is 5.02 Å². The van der Waals surface area contributed by atoms with Crippen molar-refractivity contribution in [2.24, 2.45) is 0 Å². The molecular formula is C16H17ClN2O3. The van der Waals surface area contributed by atoms with E-state index in [1.165, 1.54) is 12.3 Å². The third-order valence-corrected chi connectivity index (χ3v) is 3.67. The van der Waals surface area contributed by atoms with Gasteiger partial charge >= 0.3 is 0 Å². The summed E-state index contributed by atoms with van der Waals surface area (Å²) < 4.78 is 0. The largest absolute Gasteiger partial charge is 0.386 e. The van der Waals surface area contributed by atoms with Crippen LogP contribution >= 0.6 is 11.6 Å². The van der Waals surface area contributed by atoms with Crippen molar-refractivity contribution in [1.29, 1.82) is 0 Å². The lowest BCUT2D eigenvalue weighted by Crippen LogP contribution is -2.37. The van der Waals surface area contributed by atoms with Gasteiger partial charge in [0, 0.05) is 17.3 Å². The number of hydrogen-bond acceptors (Lipinski definition) is 3. The first kappa shape index (κ1) is 16.3. The van der Waals surface area contributed by atoms with Crippen LogP contribution < -0.4 is 10.9 Å². The maximum absolute atomic E-state index is 12.2. The quantitative estimate of drug-likeness (QED) is 0.807. The maximum Gasteiger partial charge on any atom is 0.253 e. The molecule has 5 nitrogen and oxygen atoms in total. The van der Waals surface area contributed by atoms with Gasteiger partial charge in [0.25, 0.3) is 5.91 Å². The molecule has 2 aromatic rings. The minimum Gasteiger partial charge on any atom is -0.386 e. The van der Waals surface area contributed by atoms with Crippen molar-refractivity contribution in [2.45, 2.75) is 26.0 Å². The number of aliphatic hydroxyl groups is 1. The van der Waals surface area contributed by atoms with Crippen molar-refractivity contribution in [3.8, 4) is 0 Å². The molecule has 116 valence electrons. The minimum absolute atomic E-state index is 0.261. The normalized spacial score (nSPS) is 13.5. The third kappa shape index (κ3) is 3.75. The van der Waals surface area contributed by atoms with Gasteiger partial charge in [0.15, 0.2) is 0 Å². The van der Waals surface area contributed by atoms with Crippen molar-refractivity contribution in [1.82, 2.24) is 10.3 Å². The Kier molecular flexibility index (Phi) is 5.00. The van der Waals surface area contributed by atoms with Crippen LogP contribution in [0.5, 0.6) is 0 Å². The van der Waals surface area contributed by atoms with E-state index in [2.05, 4.69) is 10.3 Å². The number of rotatable bonds is 4. The molecule has 0 fully saturated rings. The molecule has 0 saturated heterocycles. The van der Waals surface area contributed by atoms with Gasteiger partial charge in [-0.1, -0.05) is 23.7 Å². The van der Waals surface area contributed by atoms with Gasteiger partial charge in [0.2, 0.25) is 5.56 Å². The fourth-order valence-electron chi connectivity index (χ4n) is 2.13. The van der Waals surface area contributed by atoms with Crippen LogP contribution in [0.25, 0.3) is 0 Å². The second-order valence-electron chi connectivity index (χ2n) is 5.15. The Morgan fingerprint density at radius 1 is 1.32 bits per heavy atom. The van der Waals surface area contributed by atoms with Crippen LogP contribution in [0.4, 0.5) is 0 Å². The zero-order valence-electron chi connectivity index (χ0n) is 12.3. The lowest BCUT2D eigenvalue weighted by atomic mass is 10.0. The van der Waals surface area contributed by atoms with E-state index < -0.39 is 12.1 Å². The number of halogens is 1. The van der Waals surface area contributed by atoms with Crippen molar-refractivity contribution < 1.29 is 9.90 Å². The summed E-state index contributed by atoms with van der Waals surface area (Å²) in [5.74, 6) is -0.353. The third-order valence-electron chi connectivity index (χ3n) is 3.42. The van der Waals surface area contributed by atoms with E-state index in [0.717, 1.165) is 0 Å². The summed E-state index contributed by atoms with van der Waals surface area (Å²) >= 11 is 5.81. The standard InChI is InChI=1S/C16H17ClN2O3/c1-9-7-14(20)18-8-13(9)16(22)19-10(2)15(21)11-3-5-12(17)6-4-11/h3-8,10,15,21H,1-2H3,(H,18,20)(H,19,22). The molecule has 1 aromatic heterocycles. The van der Waals surface area contributed by atoms with Crippen LogP contribution in [-0.2, 0) is 0 Å². The first-order chi connectivity index (χ1) is 10.4. The summed E-state index contributed by atoms with van der Waals surface area (Å²) in [7, 11) is 0. The van der Waals surface area contributed by atoms with Gasteiger partial charge in [-0.15, -0.1) is 0 Å². The lowest BCUT2D eigenvalue weighted by Gasteiger charge is -2.21. The van der Waals surface area contributed by atoms with Crippen molar-refractivity contribution in [2.75, 3.05) is 0 Å². The van der Waals surface area contributed by atoms with Gasteiger partial charge < -0.3 is 15.4 Å². The highest BCUT2D eigenvalue weighted by Gasteiger charge is 2.20. The lowest BCUT2D eigenvalue weighted by molar-refractivity contribution is 0.0851. The first-order valence-corrected chi connectivity index (χ1v) is 7.20. The summed E-state index contributed by atoms with van der Waals surface area (Å²) in [4.78, 5) is 25.9. The maximum atomic E-state index is 12.2. The smallest absolute Gasteiger partial charge is 0.253 e. The van der Waals surface area contributed by atoms with Crippen molar-refractivity contribution in [3.05, 3.63) is 68.6 Å². The zero-order valence-corrected chi connectivity index (χ0v) is 13.0. The Labute approximate surface area is 133 Å². The topological polar surface area (TPSA) is 82.2 Å². The highest BCUT2D eigenvalue weighted by Crippen LogP contribution is 2.19.